The van der Waals surface area contributed by atoms with E-state index in [2.05, 4.69) is 10.3 Å². The van der Waals surface area contributed by atoms with E-state index >= 15 is 0 Å². The van der Waals surface area contributed by atoms with Crippen LogP contribution in [0.15, 0.2) is 71.9 Å². The molecule has 0 spiro atoms. The molecule has 0 bridgehead atoms. The number of amides is 1. The minimum absolute atomic E-state index is 0.199. The number of benzene rings is 2. The number of ether oxygens (including phenoxy) is 1. The molecular weight excluding hydrogens is 363 g/mol. The minimum atomic E-state index is -0.266. The number of methoxy groups -OCH3 is 1. The minimum Gasteiger partial charge on any atom is -0.496 e. The lowest BCUT2D eigenvalue weighted by Crippen LogP contribution is -2.24. The largest absolute Gasteiger partial charge is 0.496 e. The highest BCUT2D eigenvalue weighted by molar-refractivity contribution is 7.98. The molecule has 0 aliphatic rings. The number of halogens is 1. The first-order valence-corrected chi connectivity index (χ1v) is 9.38. The van der Waals surface area contributed by atoms with Crippen LogP contribution in [0.25, 0.3) is 0 Å². The summed E-state index contributed by atoms with van der Waals surface area (Å²) < 4.78 is 18.3. The van der Waals surface area contributed by atoms with Gasteiger partial charge < -0.3 is 10.1 Å². The van der Waals surface area contributed by atoms with Crippen molar-refractivity contribution in [3.8, 4) is 5.75 Å². The number of para-hydroxylation sites is 1. The first kappa shape index (κ1) is 18.9. The molecule has 1 N–H and O–H groups in total. The predicted molar refractivity (Wildman–Crippen MR) is 104 cm³/mol. The third-order valence-corrected chi connectivity index (χ3v) is 5.01. The second-order valence-electron chi connectivity index (χ2n) is 5.77. The van der Waals surface area contributed by atoms with Crippen molar-refractivity contribution in [3.05, 3.63) is 89.4 Å². The lowest BCUT2D eigenvalue weighted by atomic mass is 10.2. The highest BCUT2D eigenvalue weighted by atomic mass is 32.2. The highest BCUT2D eigenvalue weighted by Crippen LogP contribution is 2.24. The average molecular weight is 382 g/mol. The normalized spacial score (nSPS) is 10.4. The number of hydrogen-bond acceptors (Lipinski definition) is 4. The summed E-state index contributed by atoms with van der Waals surface area (Å²) in [6, 6.07) is 17.3. The van der Waals surface area contributed by atoms with Gasteiger partial charge in [0.1, 0.15) is 16.6 Å². The van der Waals surface area contributed by atoms with Gasteiger partial charge in [-0.2, -0.15) is 0 Å². The van der Waals surface area contributed by atoms with Crippen LogP contribution in [-0.2, 0) is 12.3 Å². The van der Waals surface area contributed by atoms with E-state index in [1.807, 2.05) is 24.3 Å². The number of carbonyl (C=O) groups excluding carboxylic acids is 1. The standard InChI is InChI=1S/C21H19FN2O2S/c1-26-19-7-3-2-5-16(19)13-24-20(25)18-6-4-12-23-21(18)27-14-15-8-10-17(22)11-9-15/h2-12H,13-14H2,1H3,(H,24,25). The number of nitrogens with one attached hydrogen (secondary N) is 1. The number of rotatable bonds is 7. The van der Waals surface area contributed by atoms with Gasteiger partial charge in [0.05, 0.1) is 12.7 Å². The fourth-order valence-electron chi connectivity index (χ4n) is 2.53. The van der Waals surface area contributed by atoms with Crippen LogP contribution in [0.2, 0.25) is 0 Å². The van der Waals surface area contributed by atoms with Crippen LogP contribution in [0, 0.1) is 5.82 Å². The summed E-state index contributed by atoms with van der Waals surface area (Å²) in [5.41, 5.74) is 2.38. The van der Waals surface area contributed by atoms with Crippen LogP contribution in [0.5, 0.6) is 5.75 Å². The Bertz CT molecular complexity index is 916. The summed E-state index contributed by atoms with van der Waals surface area (Å²) in [5.74, 6) is 0.868. The summed E-state index contributed by atoms with van der Waals surface area (Å²) in [5, 5.41) is 3.55. The monoisotopic (exact) mass is 382 g/mol. The molecule has 3 rings (SSSR count). The van der Waals surface area contributed by atoms with E-state index in [9.17, 15) is 9.18 Å². The van der Waals surface area contributed by atoms with Crippen molar-refractivity contribution in [2.24, 2.45) is 0 Å². The smallest absolute Gasteiger partial charge is 0.254 e. The number of nitrogens with zero attached hydrogens (tertiary/aromatic N) is 1. The van der Waals surface area contributed by atoms with Gasteiger partial charge in [-0.15, -0.1) is 11.8 Å². The molecule has 0 saturated heterocycles. The van der Waals surface area contributed by atoms with Crippen molar-refractivity contribution < 1.29 is 13.9 Å². The number of thioether (sulfide) groups is 1. The van der Waals surface area contributed by atoms with E-state index in [-0.39, 0.29) is 11.7 Å². The Morgan fingerprint density at radius 1 is 1.11 bits per heavy atom. The molecule has 0 atom stereocenters. The van der Waals surface area contributed by atoms with E-state index in [4.69, 9.17) is 4.74 Å². The molecule has 1 aromatic heterocycles. The Morgan fingerprint density at radius 2 is 1.89 bits per heavy atom. The first-order chi connectivity index (χ1) is 13.2. The second-order valence-corrected chi connectivity index (χ2v) is 6.73. The molecule has 27 heavy (non-hydrogen) atoms. The molecule has 3 aromatic rings. The maximum atomic E-state index is 13.0. The molecule has 1 amide bonds. The fraction of sp³-hybridized carbons (Fsp3) is 0.143. The summed E-state index contributed by atoms with van der Waals surface area (Å²) >= 11 is 1.44. The highest BCUT2D eigenvalue weighted by Gasteiger charge is 2.13. The summed E-state index contributed by atoms with van der Waals surface area (Å²) in [7, 11) is 1.60. The quantitative estimate of drug-likeness (QED) is 0.614. The molecule has 0 radical (unpaired) electrons. The average Bonchev–Trinajstić information content (AvgIpc) is 2.72. The van der Waals surface area contributed by atoms with Crippen molar-refractivity contribution in [1.82, 2.24) is 10.3 Å². The molecule has 0 fully saturated rings. The van der Waals surface area contributed by atoms with Crippen LogP contribution in [-0.4, -0.2) is 18.0 Å². The van der Waals surface area contributed by atoms with Gasteiger partial charge in [-0.25, -0.2) is 9.37 Å². The molecule has 0 saturated carbocycles. The van der Waals surface area contributed by atoms with Crippen molar-refractivity contribution in [3.63, 3.8) is 0 Å². The van der Waals surface area contributed by atoms with Gasteiger partial charge in [-0.1, -0.05) is 30.3 Å². The van der Waals surface area contributed by atoms with E-state index < -0.39 is 0 Å². The predicted octanol–water partition coefficient (Wildman–Crippen LogP) is 4.45. The van der Waals surface area contributed by atoms with Gasteiger partial charge in [0, 0.05) is 24.1 Å². The molecule has 0 unspecified atom stereocenters. The van der Waals surface area contributed by atoms with Gasteiger partial charge in [0.15, 0.2) is 0 Å². The lowest BCUT2D eigenvalue weighted by Gasteiger charge is -2.11. The van der Waals surface area contributed by atoms with Crippen LogP contribution in [0.3, 0.4) is 0 Å². The molecule has 0 aliphatic heterocycles. The lowest BCUT2D eigenvalue weighted by molar-refractivity contribution is 0.0947. The topological polar surface area (TPSA) is 51.2 Å². The Labute approximate surface area is 161 Å². The molecule has 2 aromatic carbocycles. The maximum Gasteiger partial charge on any atom is 0.254 e. The van der Waals surface area contributed by atoms with E-state index in [0.29, 0.717) is 22.9 Å². The van der Waals surface area contributed by atoms with Crippen LogP contribution >= 0.6 is 11.8 Å². The van der Waals surface area contributed by atoms with Crippen molar-refractivity contribution in [2.45, 2.75) is 17.3 Å². The van der Waals surface area contributed by atoms with Crippen LogP contribution < -0.4 is 10.1 Å². The number of aromatic nitrogens is 1. The maximum absolute atomic E-state index is 13.0. The summed E-state index contributed by atoms with van der Waals surface area (Å²) in [6.45, 7) is 0.361. The molecular formula is C21H19FN2O2S. The molecule has 0 aliphatic carbocycles. The van der Waals surface area contributed by atoms with Gasteiger partial charge >= 0.3 is 0 Å². The number of pyridine rings is 1. The Kier molecular flexibility index (Phi) is 6.44. The second kappa shape index (κ2) is 9.19. The molecule has 4 nitrogen and oxygen atoms in total. The Morgan fingerprint density at radius 3 is 2.67 bits per heavy atom. The van der Waals surface area contributed by atoms with Gasteiger partial charge in [-0.05, 0) is 35.9 Å². The molecule has 138 valence electrons. The SMILES string of the molecule is COc1ccccc1CNC(=O)c1cccnc1SCc1ccc(F)cc1. The van der Waals surface area contributed by atoms with Gasteiger partial charge in [-0.3, -0.25) is 4.79 Å². The zero-order valence-corrected chi connectivity index (χ0v) is 15.6. The van der Waals surface area contributed by atoms with E-state index in [0.717, 1.165) is 16.9 Å². The van der Waals surface area contributed by atoms with Crippen molar-refractivity contribution in [2.75, 3.05) is 7.11 Å². The zero-order chi connectivity index (χ0) is 19.1. The zero-order valence-electron chi connectivity index (χ0n) is 14.8. The van der Waals surface area contributed by atoms with Gasteiger partial charge in [0.2, 0.25) is 0 Å². The van der Waals surface area contributed by atoms with Crippen molar-refractivity contribution in [1.29, 1.82) is 0 Å². The summed E-state index contributed by atoms with van der Waals surface area (Å²) in [4.78, 5) is 17.0. The molecule has 6 heteroatoms. The Hall–Kier alpha value is -2.86. The van der Waals surface area contributed by atoms with Gasteiger partial charge in [0.25, 0.3) is 5.91 Å². The Balaban J connectivity index is 1.67. The fourth-order valence-corrected chi connectivity index (χ4v) is 3.48. The van der Waals surface area contributed by atoms with E-state index in [1.165, 1.54) is 23.9 Å². The third-order valence-electron chi connectivity index (χ3n) is 3.94. The van der Waals surface area contributed by atoms with E-state index in [1.54, 1.807) is 37.6 Å². The third kappa shape index (κ3) is 5.08. The number of hydrogen-bond donors (Lipinski definition) is 1. The van der Waals surface area contributed by atoms with Crippen molar-refractivity contribution >= 4 is 17.7 Å². The first-order valence-electron chi connectivity index (χ1n) is 8.39. The summed E-state index contributed by atoms with van der Waals surface area (Å²) in [6.07, 6.45) is 1.66. The van der Waals surface area contributed by atoms with Crippen LogP contribution in [0.1, 0.15) is 21.5 Å². The van der Waals surface area contributed by atoms with Crippen LogP contribution in [0.4, 0.5) is 4.39 Å². The number of carbonyl (C=O) groups is 1. The molecule has 1 heterocycles.